The molecule has 2 aromatic carbocycles. The maximum Gasteiger partial charge on any atom is 0.248 e. The molecule has 1 N–H and O–H groups in total. The van der Waals surface area contributed by atoms with Crippen LogP contribution >= 0.6 is 11.6 Å². The van der Waals surface area contributed by atoms with Crippen LogP contribution in [0.2, 0.25) is 5.02 Å². The second-order valence-electron chi connectivity index (χ2n) is 6.02. The van der Waals surface area contributed by atoms with Gasteiger partial charge < -0.3 is 14.8 Å². The third kappa shape index (κ3) is 5.08. The summed E-state index contributed by atoms with van der Waals surface area (Å²) >= 11 is 6.09. The number of nitrogens with zero attached hydrogens (tertiary/aromatic N) is 1. The largest absolute Gasteiger partial charge is 0.497 e. The van der Waals surface area contributed by atoms with Gasteiger partial charge in [-0.1, -0.05) is 24.6 Å². The number of carbonyl (C=O) groups is 1. The van der Waals surface area contributed by atoms with Crippen LogP contribution in [0.4, 0.5) is 11.4 Å². The first-order valence-electron chi connectivity index (χ1n) is 8.49. The standard InChI is InChI=1S/C19H23ClN2O5S/c1-5-17(19(23)21-13-9-10-18(27-3)16(20)11-13)22(28(4,24)25)14-7-6-8-15(12-14)26-2/h6-12,17H,5H2,1-4H3,(H,21,23)/t17-/m0/s1. The van der Waals surface area contributed by atoms with E-state index in [4.69, 9.17) is 21.1 Å². The molecule has 0 radical (unpaired) electrons. The number of methoxy groups -OCH3 is 2. The minimum absolute atomic E-state index is 0.264. The molecule has 0 aliphatic carbocycles. The Kier molecular flexibility index (Phi) is 7.15. The zero-order valence-corrected chi connectivity index (χ0v) is 17.7. The smallest absolute Gasteiger partial charge is 0.248 e. The highest BCUT2D eigenvalue weighted by Gasteiger charge is 2.31. The molecule has 1 atom stereocenters. The number of carbonyl (C=O) groups excluding carboxylic acids is 1. The fourth-order valence-corrected chi connectivity index (χ4v) is 4.24. The van der Waals surface area contributed by atoms with Crippen molar-refractivity contribution < 1.29 is 22.7 Å². The molecule has 0 saturated carbocycles. The van der Waals surface area contributed by atoms with Gasteiger partial charge in [0.25, 0.3) is 0 Å². The van der Waals surface area contributed by atoms with Crippen LogP contribution in [-0.2, 0) is 14.8 Å². The SMILES string of the molecule is CC[C@@H](C(=O)Nc1ccc(OC)c(Cl)c1)N(c1cccc(OC)c1)S(C)(=O)=O. The molecule has 0 unspecified atom stereocenters. The van der Waals surface area contributed by atoms with Gasteiger partial charge in [0, 0.05) is 11.8 Å². The summed E-state index contributed by atoms with van der Waals surface area (Å²) in [6.07, 6.45) is 1.33. The molecule has 0 aromatic heterocycles. The van der Waals surface area contributed by atoms with Crippen molar-refractivity contribution in [1.82, 2.24) is 0 Å². The van der Waals surface area contributed by atoms with Crippen molar-refractivity contribution in [3.05, 3.63) is 47.5 Å². The molecule has 152 valence electrons. The first-order chi connectivity index (χ1) is 13.2. The lowest BCUT2D eigenvalue weighted by Gasteiger charge is -2.30. The van der Waals surface area contributed by atoms with Gasteiger partial charge in [-0.15, -0.1) is 0 Å². The van der Waals surface area contributed by atoms with Crippen LogP contribution in [0.25, 0.3) is 0 Å². The summed E-state index contributed by atoms with van der Waals surface area (Å²) in [5.41, 5.74) is 0.782. The third-order valence-electron chi connectivity index (χ3n) is 4.06. The van der Waals surface area contributed by atoms with Gasteiger partial charge in [0.2, 0.25) is 15.9 Å². The van der Waals surface area contributed by atoms with Crippen molar-refractivity contribution in [3.8, 4) is 11.5 Å². The van der Waals surface area contributed by atoms with E-state index >= 15 is 0 Å². The molecule has 9 heteroatoms. The lowest BCUT2D eigenvalue weighted by atomic mass is 10.1. The Morgan fingerprint density at radius 3 is 2.43 bits per heavy atom. The number of benzene rings is 2. The molecule has 7 nitrogen and oxygen atoms in total. The summed E-state index contributed by atoms with van der Waals surface area (Å²) in [4.78, 5) is 12.9. The van der Waals surface area contributed by atoms with Crippen molar-refractivity contribution in [2.24, 2.45) is 0 Å². The van der Waals surface area contributed by atoms with Crippen LogP contribution in [0.1, 0.15) is 13.3 Å². The number of ether oxygens (including phenoxy) is 2. The summed E-state index contributed by atoms with van der Waals surface area (Å²) in [6.45, 7) is 1.74. The molecule has 0 spiro atoms. The molecule has 2 rings (SSSR count). The Morgan fingerprint density at radius 2 is 1.89 bits per heavy atom. The molecular weight excluding hydrogens is 404 g/mol. The maximum atomic E-state index is 12.9. The van der Waals surface area contributed by atoms with Crippen LogP contribution in [0.15, 0.2) is 42.5 Å². The Morgan fingerprint density at radius 1 is 1.18 bits per heavy atom. The van der Waals surface area contributed by atoms with Crippen LogP contribution < -0.4 is 19.1 Å². The van der Waals surface area contributed by atoms with Crippen molar-refractivity contribution in [2.45, 2.75) is 19.4 Å². The molecule has 0 saturated heterocycles. The monoisotopic (exact) mass is 426 g/mol. The molecule has 0 bridgehead atoms. The quantitative estimate of drug-likeness (QED) is 0.697. The fraction of sp³-hybridized carbons (Fsp3) is 0.316. The van der Waals surface area contributed by atoms with Crippen molar-refractivity contribution in [1.29, 1.82) is 0 Å². The highest BCUT2D eigenvalue weighted by molar-refractivity contribution is 7.92. The van der Waals surface area contributed by atoms with E-state index in [2.05, 4.69) is 5.32 Å². The van der Waals surface area contributed by atoms with Crippen molar-refractivity contribution in [2.75, 3.05) is 30.1 Å². The zero-order chi connectivity index (χ0) is 20.9. The van der Waals surface area contributed by atoms with Gasteiger partial charge >= 0.3 is 0 Å². The van der Waals surface area contributed by atoms with E-state index in [0.29, 0.717) is 27.9 Å². The first kappa shape index (κ1) is 21.8. The van der Waals surface area contributed by atoms with E-state index in [1.807, 2.05) is 0 Å². The van der Waals surface area contributed by atoms with Crippen LogP contribution in [0.3, 0.4) is 0 Å². The van der Waals surface area contributed by atoms with E-state index < -0.39 is 22.0 Å². The van der Waals surface area contributed by atoms with Gasteiger partial charge in [0.15, 0.2) is 0 Å². The first-order valence-corrected chi connectivity index (χ1v) is 10.7. The molecule has 0 aliphatic heterocycles. The van der Waals surface area contributed by atoms with E-state index in [1.165, 1.54) is 14.2 Å². The van der Waals surface area contributed by atoms with E-state index in [9.17, 15) is 13.2 Å². The Hall–Kier alpha value is -2.45. The number of hydrogen-bond donors (Lipinski definition) is 1. The zero-order valence-electron chi connectivity index (χ0n) is 16.1. The summed E-state index contributed by atoms with van der Waals surface area (Å²) < 4.78 is 36.3. The van der Waals surface area contributed by atoms with Crippen LogP contribution in [0.5, 0.6) is 11.5 Å². The summed E-state index contributed by atoms with van der Waals surface area (Å²) in [5.74, 6) is 0.487. The third-order valence-corrected chi connectivity index (χ3v) is 5.53. The predicted octanol–water partition coefficient (Wildman–Crippen LogP) is 3.54. The summed E-state index contributed by atoms with van der Waals surface area (Å²) in [7, 11) is -0.761. The number of anilines is 2. The Balaban J connectivity index is 2.37. The number of rotatable bonds is 8. The lowest BCUT2D eigenvalue weighted by molar-refractivity contribution is -0.117. The number of halogens is 1. The van der Waals surface area contributed by atoms with Crippen molar-refractivity contribution in [3.63, 3.8) is 0 Å². The molecule has 0 heterocycles. The highest BCUT2D eigenvalue weighted by Crippen LogP contribution is 2.29. The molecule has 0 fully saturated rings. The second kappa shape index (κ2) is 9.16. The topological polar surface area (TPSA) is 84.9 Å². The van der Waals surface area contributed by atoms with Crippen LogP contribution in [-0.4, -0.2) is 40.8 Å². The highest BCUT2D eigenvalue weighted by atomic mass is 35.5. The molecule has 0 aliphatic rings. The number of sulfonamides is 1. The van der Waals surface area contributed by atoms with Crippen molar-refractivity contribution >= 4 is 38.9 Å². The minimum Gasteiger partial charge on any atom is -0.497 e. The average molecular weight is 427 g/mol. The van der Waals surface area contributed by atoms with Gasteiger partial charge in [0.1, 0.15) is 17.5 Å². The molecule has 2 aromatic rings. The normalized spacial score (nSPS) is 12.2. The van der Waals surface area contributed by atoms with E-state index in [1.54, 1.807) is 49.4 Å². The number of hydrogen-bond acceptors (Lipinski definition) is 5. The van der Waals surface area contributed by atoms with E-state index in [0.717, 1.165) is 10.6 Å². The second-order valence-corrected chi connectivity index (χ2v) is 8.29. The fourth-order valence-electron chi connectivity index (χ4n) is 2.78. The van der Waals surface area contributed by atoms with Gasteiger partial charge in [0.05, 0.1) is 31.2 Å². The minimum atomic E-state index is -3.74. The van der Waals surface area contributed by atoms with Gasteiger partial charge in [-0.2, -0.15) is 0 Å². The van der Waals surface area contributed by atoms with Gasteiger partial charge in [-0.25, -0.2) is 8.42 Å². The van der Waals surface area contributed by atoms with E-state index in [-0.39, 0.29) is 6.42 Å². The molecule has 28 heavy (non-hydrogen) atoms. The van der Waals surface area contributed by atoms with Gasteiger partial charge in [-0.05, 0) is 36.8 Å². The number of amides is 1. The predicted molar refractivity (Wildman–Crippen MR) is 111 cm³/mol. The maximum absolute atomic E-state index is 12.9. The molecule has 1 amide bonds. The summed E-state index contributed by atoms with van der Waals surface area (Å²) in [5, 5.41) is 3.05. The molecular formula is C19H23ClN2O5S. The summed E-state index contributed by atoms with van der Waals surface area (Å²) in [6, 6.07) is 10.4. The van der Waals surface area contributed by atoms with Crippen LogP contribution in [0, 0.1) is 0 Å². The Bertz CT molecular complexity index is 949. The Labute approximate surface area is 170 Å². The number of nitrogens with one attached hydrogen (secondary N) is 1. The average Bonchev–Trinajstić information content (AvgIpc) is 2.65. The van der Waals surface area contributed by atoms with Gasteiger partial charge in [-0.3, -0.25) is 9.10 Å². The lowest BCUT2D eigenvalue weighted by Crippen LogP contribution is -2.47.